The Morgan fingerprint density at radius 2 is 1.42 bits per heavy atom. The summed E-state index contributed by atoms with van der Waals surface area (Å²) in [5.74, 6) is 1.06. The van der Waals surface area contributed by atoms with Gasteiger partial charge in [-0.15, -0.1) is 10.2 Å². The molecule has 1 saturated heterocycles. The van der Waals surface area contributed by atoms with E-state index in [9.17, 15) is 19.2 Å². The molecule has 0 unspecified atom stereocenters. The molecule has 0 saturated carbocycles. The number of fused-ring (bicyclic) bond motifs is 3. The highest BCUT2D eigenvalue weighted by Crippen LogP contribution is 2.32. The third-order valence-electron chi connectivity index (χ3n) is 12.5. The maximum absolute atomic E-state index is 13.9. The highest BCUT2D eigenvalue weighted by molar-refractivity contribution is 6.05. The van der Waals surface area contributed by atoms with Gasteiger partial charge in [-0.1, -0.05) is 12.2 Å². The summed E-state index contributed by atoms with van der Waals surface area (Å²) in [6.45, 7) is 14.3. The van der Waals surface area contributed by atoms with Crippen LogP contribution in [0.4, 0.5) is 11.9 Å². The number of hydrogen-bond donors (Lipinski definition) is 5. The summed E-state index contributed by atoms with van der Waals surface area (Å²) in [5.41, 5.74) is 15.5. The molecule has 0 atom stereocenters. The van der Waals surface area contributed by atoms with Crippen LogP contribution >= 0.6 is 0 Å². The van der Waals surface area contributed by atoms with Crippen molar-refractivity contribution in [3.63, 3.8) is 0 Å². The molecule has 23 nitrogen and oxygen atoms in total. The fourth-order valence-electron chi connectivity index (χ4n) is 9.10. The number of carbonyl (C=O) groups excluding carboxylic acids is 4. The second kappa shape index (κ2) is 19.8. The second-order valence-corrected chi connectivity index (χ2v) is 17.2. The molecule has 360 valence electrons. The van der Waals surface area contributed by atoms with E-state index in [0.29, 0.717) is 82.8 Å². The monoisotopic (exact) mass is 940 g/mol. The van der Waals surface area contributed by atoms with Gasteiger partial charge in [0.15, 0.2) is 5.65 Å². The van der Waals surface area contributed by atoms with E-state index in [-0.39, 0.29) is 36.1 Å². The van der Waals surface area contributed by atoms with Gasteiger partial charge in [0.1, 0.15) is 39.8 Å². The fourth-order valence-corrected chi connectivity index (χ4v) is 9.10. The molecule has 4 amide bonds. The number of primary amides is 2. The Labute approximate surface area is 396 Å². The number of nitrogens with two attached hydrogens (primary N) is 2. The number of aryl methyl sites for hydroxylation is 4. The maximum Gasteiger partial charge on any atom is 0.276 e. The zero-order valence-electron chi connectivity index (χ0n) is 39.1. The summed E-state index contributed by atoms with van der Waals surface area (Å²) in [4.78, 5) is 68.7. The summed E-state index contributed by atoms with van der Waals surface area (Å²) in [6.07, 6.45) is 7.79. The Kier molecular flexibility index (Phi) is 13.3. The van der Waals surface area contributed by atoms with E-state index in [1.165, 1.54) is 12.3 Å². The summed E-state index contributed by atoms with van der Waals surface area (Å²) < 4.78 is 15.5. The molecule has 0 spiro atoms. The predicted molar refractivity (Wildman–Crippen MR) is 255 cm³/mol. The van der Waals surface area contributed by atoms with E-state index in [4.69, 9.17) is 21.2 Å². The van der Waals surface area contributed by atoms with Gasteiger partial charge < -0.3 is 35.6 Å². The lowest BCUT2D eigenvalue weighted by Gasteiger charge is -2.32. The summed E-state index contributed by atoms with van der Waals surface area (Å²) in [7, 11) is 0. The van der Waals surface area contributed by atoms with Gasteiger partial charge in [0, 0.05) is 63.5 Å². The van der Waals surface area contributed by atoms with Gasteiger partial charge in [0.05, 0.1) is 35.6 Å². The van der Waals surface area contributed by atoms with Crippen molar-refractivity contribution in [1.82, 2.24) is 68.6 Å². The Hall–Kier alpha value is -7.79. The number of rotatable bonds is 18. The number of nitrogens with one attached hydrogen (secondary N) is 3. The molecule has 7 N–H and O–H groups in total. The first-order chi connectivity index (χ1) is 33.4. The minimum absolute atomic E-state index is 0.163. The smallest absolute Gasteiger partial charge is 0.276 e. The van der Waals surface area contributed by atoms with Crippen molar-refractivity contribution in [2.75, 3.05) is 43.4 Å². The SMILES string of the molecule is CCn1nc(C)cc1C(=O)Nc1nc2cc(C(N)=O)cnc2n1C/C=C/Cn1c(NC(=O)c2cc(C)nn2CC)nc2cc(C(N)=O)cc(OCCCN3CCC(c4nnc5n4CCNC5)CC3)c21. The lowest BCUT2D eigenvalue weighted by atomic mass is 9.95. The molecule has 9 rings (SSSR count). The number of allylic oxidation sites excluding steroid dienone is 2. The molecular formula is C46H56N18O5. The molecule has 8 heterocycles. The fraction of sp³-hybridized carbons (Fsp3) is 0.413. The summed E-state index contributed by atoms with van der Waals surface area (Å²) >= 11 is 0. The number of likely N-dealkylation sites (tertiary alicyclic amines) is 1. The number of imidazole rings is 2. The van der Waals surface area contributed by atoms with Crippen LogP contribution in [0.5, 0.6) is 5.75 Å². The number of hydrogen-bond acceptors (Lipinski definition) is 14. The average molecular weight is 941 g/mol. The minimum Gasteiger partial charge on any atom is -0.491 e. The third kappa shape index (κ3) is 9.68. The van der Waals surface area contributed by atoms with Crippen LogP contribution in [0.1, 0.15) is 104 Å². The van der Waals surface area contributed by atoms with Crippen LogP contribution in [0, 0.1) is 13.8 Å². The molecule has 0 aliphatic carbocycles. The van der Waals surface area contributed by atoms with Crippen LogP contribution in [-0.4, -0.2) is 120 Å². The number of amides is 4. The highest BCUT2D eigenvalue weighted by atomic mass is 16.5. The van der Waals surface area contributed by atoms with Crippen molar-refractivity contribution < 1.29 is 23.9 Å². The third-order valence-corrected chi connectivity index (χ3v) is 12.5. The predicted octanol–water partition coefficient (Wildman–Crippen LogP) is 3.13. The molecule has 69 heavy (non-hydrogen) atoms. The van der Waals surface area contributed by atoms with Crippen molar-refractivity contribution in [3.8, 4) is 5.75 Å². The van der Waals surface area contributed by atoms with Crippen LogP contribution < -0.4 is 32.2 Å². The number of benzene rings is 1. The zero-order chi connectivity index (χ0) is 48.3. The molecule has 1 fully saturated rings. The van der Waals surface area contributed by atoms with E-state index >= 15 is 0 Å². The van der Waals surface area contributed by atoms with Gasteiger partial charge >= 0.3 is 0 Å². The van der Waals surface area contributed by atoms with Crippen LogP contribution in [0.25, 0.3) is 22.2 Å². The number of carbonyl (C=O) groups is 4. The van der Waals surface area contributed by atoms with E-state index in [0.717, 1.165) is 63.8 Å². The number of aromatic nitrogens is 12. The average Bonchev–Trinajstić information content (AvgIpc) is 4.18. The lowest BCUT2D eigenvalue weighted by molar-refractivity contribution is 0.0991. The number of pyridine rings is 1. The number of anilines is 2. The van der Waals surface area contributed by atoms with Crippen molar-refractivity contribution in [2.45, 2.75) is 92.1 Å². The quantitative estimate of drug-likeness (QED) is 0.0611. The molecule has 1 aromatic carbocycles. The highest BCUT2D eigenvalue weighted by Gasteiger charge is 2.28. The largest absolute Gasteiger partial charge is 0.491 e. The van der Waals surface area contributed by atoms with Gasteiger partial charge in [0.25, 0.3) is 11.8 Å². The normalized spacial score (nSPS) is 14.5. The van der Waals surface area contributed by atoms with Crippen molar-refractivity contribution in [1.29, 1.82) is 0 Å². The molecule has 0 radical (unpaired) electrons. The van der Waals surface area contributed by atoms with Crippen LogP contribution in [0.3, 0.4) is 0 Å². The summed E-state index contributed by atoms with van der Waals surface area (Å²) in [6, 6.07) is 8.11. The van der Waals surface area contributed by atoms with Gasteiger partial charge in [-0.25, -0.2) is 15.0 Å². The number of piperidine rings is 1. The molecule has 2 aliphatic heterocycles. The summed E-state index contributed by atoms with van der Waals surface area (Å²) in [5, 5.41) is 27.1. The van der Waals surface area contributed by atoms with Crippen molar-refractivity contribution >= 4 is 57.7 Å². The first-order valence-corrected chi connectivity index (χ1v) is 23.2. The standard InChI is InChI=1S/C46H56N18O5/c1-5-63-34(20-27(3)57-63)43(67)53-45-51-32-22-30(39(47)65)24-36(69-19-9-13-59-16-10-29(11-17-59)41-56-55-37-26-49-12-18-60(37)41)38(32)61(45)14-7-8-15-62-42-33(23-31(25-50-42)40(48)66)52-46(62)54-44(68)35-21-28(4)58-64(35)6-2/h7-8,20-25,29,49H,5-6,9-19,26H2,1-4H3,(H2,47,65)(H2,48,66)(H,51,53,67)(H,52,54,68)/b8-7+. The van der Waals surface area contributed by atoms with Crippen LogP contribution in [0.15, 0.2) is 48.7 Å². The van der Waals surface area contributed by atoms with E-state index in [1.807, 2.05) is 39.8 Å². The number of nitrogens with zero attached hydrogens (tertiary/aromatic N) is 13. The van der Waals surface area contributed by atoms with E-state index in [2.05, 4.69) is 55.8 Å². The van der Waals surface area contributed by atoms with Gasteiger partial charge in [0.2, 0.25) is 23.7 Å². The zero-order valence-corrected chi connectivity index (χ0v) is 39.1. The van der Waals surface area contributed by atoms with Crippen LogP contribution in [0.2, 0.25) is 0 Å². The van der Waals surface area contributed by atoms with Gasteiger partial charge in [-0.2, -0.15) is 10.2 Å². The van der Waals surface area contributed by atoms with E-state index in [1.54, 1.807) is 42.8 Å². The Morgan fingerprint density at radius 1 is 0.797 bits per heavy atom. The van der Waals surface area contributed by atoms with Crippen molar-refractivity contribution in [3.05, 3.63) is 94.2 Å². The van der Waals surface area contributed by atoms with Gasteiger partial charge in [-0.3, -0.25) is 43.7 Å². The first kappa shape index (κ1) is 46.3. The second-order valence-electron chi connectivity index (χ2n) is 17.2. The lowest BCUT2D eigenvalue weighted by Crippen LogP contribution is -2.36. The molecule has 0 bridgehead atoms. The first-order valence-electron chi connectivity index (χ1n) is 23.2. The molecule has 23 heteroatoms. The maximum atomic E-state index is 13.9. The Morgan fingerprint density at radius 3 is 2.07 bits per heavy atom. The molecule has 7 aromatic rings. The molecular weight excluding hydrogens is 885 g/mol. The Balaban J connectivity index is 0.975. The Bertz CT molecular complexity index is 3110. The topological polar surface area (TPSA) is 284 Å². The molecule has 2 aliphatic rings. The van der Waals surface area contributed by atoms with E-state index < -0.39 is 23.6 Å². The minimum atomic E-state index is -0.668. The molecule has 6 aromatic heterocycles. The van der Waals surface area contributed by atoms with Crippen LogP contribution in [-0.2, 0) is 39.3 Å². The van der Waals surface area contributed by atoms with Gasteiger partial charge in [-0.05, 0) is 90.4 Å². The number of ether oxygens (including phenoxy) is 1. The van der Waals surface area contributed by atoms with Crippen molar-refractivity contribution in [2.24, 2.45) is 11.5 Å².